The first-order valence-corrected chi connectivity index (χ1v) is 5.37. The van der Waals surface area contributed by atoms with Gasteiger partial charge >= 0.3 is 0 Å². The van der Waals surface area contributed by atoms with Crippen LogP contribution >= 0.6 is 11.6 Å². The minimum Gasteiger partial charge on any atom is -0.481 e. The highest BCUT2D eigenvalue weighted by Gasteiger charge is 2.13. The van der Waals surface area contributed by atoms with Crippen LogP contribution in [-0.2, 0) is 6.54 Å². The molecule has 0 saturated heterocycles. The maximum absolute atomic E-state index is 9.36. The van der Waals surface area contributed by atoms with E-state index in [1.807, 2.05) is 6.07 Å². The molecule has 0 saturated carbocycles. The number of aromatic nitrogens is 2. The Bertz CT molecular complexity index is 508. The lowest BCUT2D eigenvalue weighted by atomic mass is 10.2. The van der Waals surface area contributed by atoms with E-state index in [2.05, 4.69) is 5.10 Å². The van der Waals surface area contributed by atoms with Crippen LogP contribution in [0.2, 0.25) is 5.02 Å². The molecule has 0 aliphatic carbocycles. The summed E-state index contributed by atoms with van der Waals surface area (Å²) in [5.41, 5.74) is 0.769. The standard InChI is InChI=1S/C11H13ClN2O2/c1-7(15)6-14-11(16-2)9-4-3-8(12)5-10(9)13-14/h3-5,7,15H,6H2,1-2H3/t7-/m1/s1. The van der Waals surface area contributed by atoms with Crippen molar-refractivity contribution in [1.29, 1.82) is 0 Å². The zero-order valence-corrected chi connectivity index (χ0v) is 9.90. The van der Waals surface area contributed by atoms with Crippen molar-refractivity contribution in [2.75, 3.05) is 7.11 Å². The van der Waals surface area contributed by atoms with Crippen LogP contribution in [0.5, 0.6) is 5.88 Å². The van der Waals surface area contributed by atoms with Crippen molar-refractivity contribution >= 4 is 22.5 Å². The van der Waals surface area contributed by atoms with Gasteiger partial charge in [-0.2, -0.15) is 5.10 Å². The van der Waals surface area contributed by atoms with Gasteiger partial charge in [-0.05, 0) is 25.1 Å². The lowest BCUT2D eigenvalue weighted by Crippen LogP contribution is -2.13. The number of hydrogen-bond acceptors (Lipinski definition) is 3. The molecule has 0 bridgehead atoms. The van der Waals surface area contributed by atoms with Crippen molar-refractivity contribution in [2.45, 2.75) is 19.6 Å². The monoisotopic (exact) mass is 240 g/mol. The van der Waals surface area contributed by atoms with E-state index in [0.29, 0.717) is 17.4 Å². The second kappa shape index (κ2) is 4.31. The number of benzene rings is 1. The van der Waals surface area contributed by atoms with Crippen molar-refractivity contribution in [3.63, 3.8) is 0 Å². The fourth-order valence-corrected chi connectivity index (χ4v) is 1.84. The highest BCUT2D eigenvalue weighted by molar-refractivity contribution is 6.31. The van der Waals surface area contributed by atoms with Gasteiger partial charge in [0.2, 0.25) is 5.88 Å². The molecule has 0 unspecified atom stereocenters. The Balaban J connectivity index is 2.56. The van der Waals surface area contributed by atoms with Crippen molar-refractivity contribution in [1.82, 2.24) is 9.78 Å². The number of aliphatic hydroxyl groups is 1. The molecule has 5 heteroatoms. The van der Waals surface area contributed by atoms with Crippen molar-refractivity contribution in [3.8, 4) is 5.88 Å². The first kappa shape index (κ1) is 11.2. The van der Waals surface area contributed by atoms with Crippen molar-refractivity contribution < 1.29 is 9.84 Å². The van der Waals surface area contributed by atoms with E-state index in [1.165, 1.54) is 0 Å². The Morgan fingerprint density at radius 2 is 2.31 bits per heavy atom. The average molecular weight is 241 g/mol. The van der Waals surface area contributed by atoms with E-state index in [0.717, 1.165) is 10.9 Å². The number of hydrogen-bond donors (Lipinski definition) is 1. The minimum absolute atomic E-state index is 0.398. The van der Waals surface area contributed by atoms with Crippen LogP contribution in [0, 0.1) is 0 Å². The Morgan fingerprint density at radius 3 is 2.94 bits per heavy atom. The fourth-order valence-electron chi connectivity index (χ4n) is 1.67. The summed E-state index contributed by atoms with van der Waals surface area (Å²) in [6.07, 6.45) is -0.473. The number of aliphatic hydroxyl groups excluding tert-OH is 1. The summed E-state index contributed by atoms with van der Waals surface area (Å²) in [6.45, 7) is 2.11. The van der Waals surface area contributed by atoms with Crippen molar-refractivity contribution in [3.05, 3.63) is 23.2 Å². The lowest BCUT2D eigenvalue weighted by molar-refractivity contribution is 0.163. The fraction of sp³-hybridized carbons (Fsp3) is 0.364. The first-order chi connectivity index (χ1) is 7.61. The molecule has 0 fully saturated rings. The van der Waals surface area contributed by atoms with Gasteiger partial charge in [-0.1, -0.05) is 11.6 Å². The van der Waals surface area contributed by atoms with Crippen LogP contribution in [0.4, 0.5) is 0 Å². The van der Waals surface area contributed by atoms with Gasteiger partial charge in [0.15, 0.2) is 0 Å². The molecule has 0 aliphatic heterocycles. The summed E-state index contributed by atoms with van der Waals surface area (Å²) in [7, 11) is 1.59. The van der Waals surface area contributed by atoms with E-state index in [9.17, 15) is 5.11 Å². The summed E-state index contributed by atoms with van der Waals surface area (Å²) in [6, 6.07) is 5.43. The number of fused-ring (bicyclic) bond motifs is 1. The van der Waals surface area contributed by atoms with Crippen LogP contribution in [0.1, 0.15) is 6.92 Å². The van der Waals surface area contributed by atoms with Crippen LogP contribution in [0.25, 0.3) is 10.9 Å². The van der Waals surface area contributed by atoms with Gasteiger partial charge in [0, 0.05) is 5.02 Å². The third-order valence-electron chi connectivity index (χ3n) is 2.28. The van der Waals surface area contributed by atoms with Gasteiger partial charge in [0.25, 0.3) is 0 Å². The van der Waals surface area contributed by atoms with Crippen molar-refractivity contribution in [2.24, 2.45) is 0 Å². The molecule has 0 radical (unpaired) electrons. The summed E-state index contributed by atoms with van der Waals surface area (Å²) < 4.78 is 6.93. The summed E-state index contributed by atoms with van der Waals surface area (Å²) >= 11 is 5.89. The molecule has 1 atom stereocenters. The molecule has 0 spiro atoms. The van der Waals surface area contributed by atoms with Gasteiger partial charge in [0.1, 0.15) is 0 Å². The third kappa shape index (κ3) is 1.99. The molecule has 1 aromatic carbocycles. The van der Waals surface area contributed by atoms with Crippen LogP contribution in [0.15, 0.2) is 18.2 Å². The van der Waals surface area contributed by atoms with Gasteiger partial charge in [-0.25, -0.2) is 4.68 Å². The maximum atomic E-state index is 9.36. The zero-order chi connectivity index (χ0) is 11.7. The topological polar surface area (TPSA) is 47.3 Å². The molecule has 1 heterocycles. The zero-order valence-electron chi connectivity index (χ0n) is 9.14. The van der Waals surface area contributed by atoms with E-state index < -0.39 is 6.10 Å². The lowest BCUT2D eigenvalue weighted by Gasteiger charge is -2.07. The number of methoxy groups -OCH3 is 1. The second-order valence-corrected chi connectivity index (χ2v) is 4.14. The third-order valence-corrected chi connectivity index (χ3v) is 2.52. The highest BCUT2D eigenvalue weighted by Crippen LogP contribution is 2.27. The summed E-state index contributed by atoms with van der Waals surface area (Å²) in [5, 5.41) is 15.2. The Morgan fingerprint density at radius 1 is 1.56 bits per heavy atom. The second-order valence-electron chi connectivity index (χ2n) is 3.70. The van der Waals surface area contributed by atoms with Gasteiger partial charge in [-0.15, -0.1) is 0 Å². The van der Waals surface area contributed by atoms with Gasteiger partial charge < -0.3 is 9.84 Å². The smallest absolute Gasteiger partial charge is 0.219 e. The van der Waals surface area contributed by atoms with Gasteiger partial charge in [0.05, 0.1) is 30.7 Å². The largest absolute Gasteiger partial charge is 0.481 e. The predicted octanol–water partition coefficient (Wildman–Crippen LogP) is 2.08. The molecule has 2 aromatic rings. The Hall–Kier alpha value is -1.26. The highest BCUT2D eigenvalue weighted by atomic mass is 35.5. The molecule has 2 rings (SSSR count). The maximum Gasteiger partial charge on any atom is 0.219 e. The molecule has 0 amide bonds. The molecular weight excluding hydrogens is 228 g/mol. The average Bonchev–Trinajstić information content (AvgIpc) is 2.52. The quantitative estimate of drug-likeness (QED) is 0.894. The van der Waals surface area contributed by atoms with E-state index in [1.54, 1.807) is 30.8 Å². The molecule has 86 valence electrons. The number of halogens is 1. The summed E-state index contributed by atoms with van der Waals surface area (Å²) in [5.74, 6) is 0.646. The normalized spacial score (nSPS) is 13.0. The molecule has 1 N–H and O–H groups in total. The van der Waals surface area contributed by atoms with Crippen LogP contribution in [-0.4, -0.2) is 28.1 Å². The van der Waals surface area contributed by atoms with Crippen LogP contribution in [0.3, 0.4) is 0 Å². The van der Waals surface area contributed by atoms with Crippen LogP contribution < -0.4 is 4.74 Å². The van der Waals surface area contributed by atoms with E-state index in [4.69, 9.17) is 16.3 Å². The molecule has 0 aliphatic rings. The number of nitrogens with zero attached hydrogens (tertiary/aromatic N) is 2. The van der Waals surface area contributed by atoms with Gasteiger partial charge in [-0.3, -0.25) is 0 Å². The Kier molecular flexibility index (Phi) is 3.03. The van der Waals surface area contributed by atoms with E-state index in [-0.39, 0.29) is 0 Å². The Labute approximate surface area is 98.4 Å². The molecular formula is C11H13ClN2O2. The molecule has 1 aromatic heterocycles. The molecule has 16 heavy (non-hydrogen) atoms. The molecule has 4 nitrogen and oxygen atoms in total. The predicted molar refractivity (Wildman–Crippen MR) is 63.0 cm³/mol. The number of ether oxygens (including phenoxy) is 1. The van der Waals surface area contributed by atoms with E-state index >= 15 is 0 Å². The first-order valence-electron chi connectivity index (χ1n) is 5.00. The summed E-state index contributed by atoms with van der Waals surface area (Å²) in [4.78, 5) is 0. The minimum atomic E-state index is -0.473. The number of rotatable bonds is 3. The SMILES string of the molecule is COc1c2ccc(Cl)cc2nn1C[C@@H](C)O.